The van der Waals surface area contributed by atoms with Gasteiger partial charge in [0, 0.05) is 2.85 Å². The topological polar surface area (TPSA) is 0 Å². The molecule has 0 atom stereocenters. The molecule has 1 aromatic carbocycles. The maximum Gasteiger partial charge on any atom is 2.00 e. The number of benzene rings is 1. The minimum absolute atomic E-state index is 0. The van der Waals surface area contributed by atoms with Gasteiger partial charge in [-0.05, 0) is 12.0 Å². The van der Waals surface area contributed by atoms with Gasteiger partial charge in [-0.15, -0.1) is 0 Å². The average molecular weight is 129 g/mol. The minimum Gasteiger partial charge on any atom is -1.00 e. The third-order valence-corrected chi connectivity index (χ3v) is 1.25. The molecule has 0 aliphatic carbocycles. The molecule has 10 heavy (non-hydrogen) atoms. The molecule has 0 aliphatic rings. The van der Waals surface area contributed by atoms with Gasteiger partial charge in [0.15, 0.2) is 0 Å². The van der Waals surface area contributed by atoms with Crippen molar-refractivity contribution in [3.63, 3.8) is 0 Å². The van der Waals surface area contributed by atoms with Crippen molar-refractivity contribution in [3.05, 3.63) is 35.9 Å². The first-order valence-electron chi connectivity index (χ1n) is 2.97. The van der Waals surface area contributed by atoms with E-state index in [2.05, 4.69) is 31.2 Å². The van der Waals surface area contributed by atoms with E-state index >= 15 is 0 Å². The van der Waals surface area contributed by atoms with Crippen molar-refractivity contribution in [2.45, 2.75) is 13.3 Å². The van der Waals surface area contributed by atoms with Crippen molar-refractivity contribution in [3.8, 4) is 0 Å². The Morgan fingerprint density at radius 2 is 1.80 bits per heavy atom. The molecular weight excluding hydrogens is 112 g/mol. The maximum atomic E-state index is 2.16. The van der Waals surface area contributed by atoms with E-state index in [0.29, 0.717) is 0 Å². The molecular formula is C8H17BeLi. The van der Waals surface area contributed by atoms with Crippen LogP contribution in [0.1, 0.15) is 19.6 Å². The van der Waals surface area contributed by atoms with Gasteiger partial charge in [-0.3, -0.25) is 0 Å². The molecule has 0 fully saturated rings. The molecule has 0 N–H and O–H groups in total. The molecule has 0 unspecified atom stereocenters. The molecule has 1 rings (SSSR count). The summed E-state index contributed by atoms with van der Waals surface area (Å²) < 4.78 is 0. The predicted octanol–water partition coefficient (Wildman–Crippen LogP) is -0.298. The van der Waals surface area contributed by atoms with Gasteiger partial charge in [0.05, 0.1) is 0 Å². The van der Waals surface area contributed by atoms with Crippen LogP contribution in [0, 0.1) is 0 Å². The summed E-state index contributed by atoms with van der Waals surface area (Å²) in [6.45, 7) is 2.16. The Morgan fingerprint density at radius 3 is 2.10 bits per heavy atom. The largest absolute Gasteiger partial charge is 2.00 e. The Bertz CT molecular complexity index is 164. The zero-order valence-electron chi connectivity index (χ0n) is 9.80. The van der Waals surface area contributed by atoms with E-state index in [1.807, 2.05) is 6.07 Å². The molecule has 0 radical (unpaired) electrons. The van der Waals surface area contributed by atoms with E-state index in [-0.39, 0.29) is 36.1 Å². The van der Waals surface area contributed by atoms with Crippen molar-refractivity contribution in [1.29, 1.82) is 0 Å². The van der Waals surface area contributed by atoms with Crippen molar-refractivity contribution >= 4 is 10.1 Å². The quantitative estimate of drug-likeness (QED) is 0.457. The van der Waals surface area contributed by atoms with Crippen LogP contribution >= 0.6 is 0 Å². The Kier molecular flexibility index (Phi) is 8.97. The molecule has 0 aromatic heterocycles. The van der Waals surface area contributed by atoms with Crippen LogP contribution in [0.5, 0.6) is 0 Å². The van der Waals surface area contributed by atoms with Crippen LogP contribution in [-0.2, 0) is 6.42 Å². The normalized spacial score (nSPS) is 7.30. The minimum atomic E-state index is 0. The molecule has 0 aliphatic heterocycles. The Labute approximate surface area is 85.8 Å². The zero-order chi connectivity index (χ0) is 5.82. The van der Waals surface area contributed by atoms with Gasteiger partial charge >= 0.3 is 29.0 Å². The summed E-state index contributed by atoms with van der Waals surface area (Å²) in [6.07, 6.45) is 1.14. The first kappa shape index (κ1) is 12.6. The monoisotopic (exact) mass is 129 g/mol. The van der Waals surface area contributed by atoms with Crippen LogP contribution < -0.4 is 18.9 Å². The van der Waals surface area contributed by atoms with Crippen molar-refractivity contribution in [1.82, 2.24) is 0 Å². The molecule has 52 valence electrons. The Morgan fingerprint density at radius 1 is 1.30 bits per heavy atom. The van der Waals surface area contributed by atoms with Gasteiger partial charge in [0.25, 0.3) is 0 Å². The molecule has 2 heteroatoms. The molecule has 0 saturated carbocycles. The van der Waals surface area contributed by atoms with Crippen molar-refractivity contribution < 1.29 is 26.0 Å². The summed E-state index contributed by atoms with van der Waals surface area (Å²) >= 11 is 0. The smallest absolute Gasteiger partial charge is 1.00 e. The average Bonchev–Trinajstić information content (AvgIpc) is 1.90. The van der Waals surface area contributed by atoms with E-state index in [1.54, 1.807) is 0 Å². The molecule has 0 heterocycles. The first-order chi connectivity index (χ1) is 3.93. The summed E-state index contributed by atoms with van der Waals surface area (Å²) in [5.41, 5.74) is 1.41. The molecule has 0 bridgehead atoms. The summed E-state index contributed by atoms with van der Waals surface area (Å²) in [6, 6.07) is 10.5. The summed E-state index contributed by atoms with van der Waals surface area (Å²) in [7, 11) is 0. The third kappa shape index (κ3) is 3.91. The fourth-order valence-electron chi connectivity index (χ4n) is 0.714. The first-order valence-corrected chi connectivity index (χ1v) is 2.97. The number of hydrogen-bond acceptors (Lipinski definition) is 0. The maximum absolute atomic E-state index is 2.16. The fraction of sp³-hybridized carbons (Fsp3) is 0.250. The molecule has 0 nitrogen and oxygen atoms in total. The van der Waals surface area contributed by atoms with Crippen LogP contribution in [0.2, 0.25) is 0 Å². The fourth-order valence-corrected chi connectivity index (χ4v) is 0.714. The van der Waals surface area contributed by atoms with Gasteiger partial charge < -0.3 is 4.28 Å². The molecule has 0 amide bonds. The standard InChI is InChI=1S/C8H10.Be.Li.2H2.3H/c1-2-8-6-4-3-5-7-8;;;;;;;/h3-7H,2H2,1H3;;;2*1H;;;/q;+2;+1;;;3*-1. The Balaban J connectivity index is -0.0000000183. The molecule has 0 spiro atoms. The van der Waals surface area contributed by atoms with E-state index in [0.717, 1.165) is 6.42 Å². The van der Waals surface area contributed by atoms with Gasteiger partial charge in [-0.25, -0.2) is 0 Å². The second kappa shape index (κ2) is 7.10. The van der Waals surface area contributed by atoms with Gasteiger partial charge in [0.2, 0.25) is 0 Å². The van der Waals surface area contributed by atoms with Crippen LogP contribution in [0.4, 0.5) is 0 Å². The van der Waals surface area contributed by atoms with Gasteiger partial charge in [-0.1, -0.05) is 37.3 Å². The molecule has 1 aromatic rings. The number of hydrogen-bond donors (Lipinski definition) is 0. The SMILES string of the molecule is CCc1ccccc1.[Be+2].[H-].[H-].[H-].[HH].[HH].[Li+]. The van der Waals surface area contributed by atoms with Crippen LogP contribution in [0.15, 0.2) is 30.3 Å². The van der Waals surface area contributed by atoms with Crippen LogP contribution in [-0.4, -0.2) is 10.1 Å². The Hall–Kier alpha value is -0.0138. The van der Waals surface area contributed by atoms with Crippen LogP contribution in [0.25, 0.3) is 0 Å². The second-order valence-electron chi connectivity index (χ2n) is 1.84. The summed E-state index contributed by atoms with van der Waals surface area (Å²) in [5, 5.41) is 0. The van der Waals surface area contributed by atoms with E-state index in [1.165, 1.54) is 5.56 Å². The van der Waals surface area contributed by atoms with Crippen LogP contribution in [0.3, 0.4) is 0 Å². The van der Waals surface area contributed by atoms with Gasteiger partial charge in [-0.2, -0.15) is 0 Å². The van der Waals surface area contributed by atoms with E-state index in [4.69, 9.17) is 0 Å². The second-order valence-corrected chi connectivity index (χ2v) is 1.84. The predicted molar refractivity (Wildman–Crippen MR) is 49.1 cm³/mol. The summed E-state index contributed by atoms with van der Waals surface area (Å²) in [5.74, 6) is 0. The number of rotatable bonds is 1. The third-order valence-electron chi connectivity index (χ3n) is 1.25. The van der Waals surface area contributed by atoms with Crippen molar-refractivity contribution in [2.75, 3.05) is 0 Å². The number of aryl methyl sites for hydroxylation is 1. The van der Waals surface area contributed by atoms with Crippen molar-refractivity contribution in [2.24, 2.45) is 0 Å². The van der Waals surface area contributed by atoms with Gasteiger partial charge in [0.1, 0.15) is 0 Å². The van der Waals surface area contributed by atoms with E-state index in [9.17, 15) is 0 Å². The zero-order valence-corrected chi connectivity index (χ0v) is 6.80. The summed E-state index contributed by atoms with van der Waals surface area (Å²) in [4.78, 5) is 0. The molecule has 0 saturated heterocycles. The van der Waals surface area contributed by atoms with E-state index < -0.39 is 0 Å².